The minimum absolute atomic E-state index is 0.0277. The molecule has 122 valence electrons. The van der Waals surface area contributed by atoms with Crippen LogP contribution >= 0.6 is 23.2 Å². The molecule has 0 spiro atoms. The average molecular weight is 367 g/mol. The molecular formula is C12H7Cl2F3N4O2. The number of nitrogens with one attached hydrogen (secondary N) is 1. The van der Waals surface area contributed by atoms with Gasteiger partial charge in [-0.2, -0.15) is 28.1 Å². The highest BCUT2D eigenvalue weighted by Gasteiger charge is 2.30. The van der Waals surface area contributed by atoms with Crippen LogP contribution in [0.25, 0.3) is 0 Å². The van der Waals surface area contributed by atoms with E-state index in [9.17, 15) is 18.0 Å². The highest BCUT2D eigenvalue weighted by molar-refractivity contribution is 6.31. The fourth-order valence-electron chi connectivity index (χ4n) is 1.47. The Labute approximate surface area is 137 Å². The summed E-state index contributed by atoms with van der Waals surface area (Å²) in [5.74, 6) is -0.711. The first-order valence-corrected chi connectivity index (χ1v) is 6.66. The second-order valence-corrected chi connectivity index (χ2v) is 4.75. The number of nitrogens with zero attached hydrogens (tertiary/aromatic N) is 3. The van der Waals surface area contributed by atoms with Crippen LogP contribution in [-0.4, -0.2) is 27.5 Å². The Bertz CT molecular complexity index is 707. The van der Waals surface area contributed by atoms with Gasteiger partial charge in [0, 0.05) is 5.69 Å². The second-order valence-electron chi connectivity index (χ2n) is 4.07. The zero-order valence-electron chi connectivity index (χ0n) is 11.1. The van der Waals surface area contributed by atoms with Crippen molar-refractivity contribution < 1.29 is 22.7 Å². The predicted octanol–water partition coefficient (Wildman–Crippen LogP) is 3.21. The van der Waals surface area contributed by atoms with Crippen LogP contribution < -0.4 is 10.1 Å². The van der Waals surface area contributed by atoms with E-state index in [1.54, 1.807) is 0 Å². The van der Waals surface area contributed by atoms with Crippen molar-refractivity contribution in [3.63, 3.8) is 0 Å². The fraction of sp³-hybridized carbons (Fsp3) is 0.167. The Balaban J connectivity index is 1.97. The number of carbonyl (C=O) groups excluding carboxylic acids is 1. The molecule has 23 heavy (non-hydrogen) atoms. The van der Waals surface area contributed by atoms with Crippen molar-refractivity contribution in [1.29, 1.82) is 0 Å². The largest absolute Gasteiger partial charge is 0.453 e. The number of ether oxygens (including phenoxy) is 1. The van der Waals surface area contributed by atoms with E-state index >= 15 is 0 Å². The van der Waals surface area contributed by atoms with E-state index < -0.39 is 24.3 Å². The maximum absolute atomic E-state index is 12.6. The molecule has 1 amide bonds. The number of rotatable bonds is 4. The molecule has 0 unspecified atom stereocenters. The molecule has 0 fully saturated rings. The van der Waals surface area contributed by atoms with Crippen LogP contribution in [0.5, 0.6) is 6.01 Å². The lowest BCUT2D eigenvalue weighted by molar-refractivity contribution is -0.137. The van der Waals surface area contributed by atoms with Crippen molar-refractivity contribution in [2.45, 2.75) is 6.18 Å². The molecule has 1 aromatic heterocycles. The highest BCUT2D eigenvalue weighted by atomic mass is 35.5. The molecule has 1 heterocycles. The topological polar surface area (TPSA) is 77.0 Å². The lowest BCUT2D eigenvalue weighted by atomic mass is 10.2. The van der Waals surface area contributed by atoms with E-state index in [0.29, 0.717) is 0 Å². The molecule has 2 aromatic rings. The van der Waals surface area contributed by atoms with Crippen LogP contribution in [0.15, 0.2) is 24.3 Å². The van der Waals surface area contributed by atoms with Gasteiger partial charge in [-0.05, 0) is 41.4 Å². The van der Waals surface area contributed by atoms with Gasteiger partial charge in [-0.25, -0.2) is 0 Å². The van der Waals surface area contributed by atoms with Gasteiger partial charge in [0.1, 0.15) is 0 Å². The van der Waals surface area contributed by atoms with Crippen molar-refractivity contribution in [3.05, 3.63) is 40.4 Å². The molecule has 11 heteroatoms. The summed E-state index contributed by atoms with van der Waals surface area (Å²) in [6, 6.07) is 3.89. The predicted molar refractivity (Wildman–Crippen MR) is 75.4 cm³/mol. The smallest absolute Gasteiger partial charge is 0.416 e. The molecular weight excluding hydrogens is 360 g/mol. The molecule has 6 nitrogen and oxygen atoms in total. The van der Waals surface area contributed by atoms with E-state index in [4.69, 9.17) is 27.9 Å². The Hall–Kier alpha value is -2.13. The van der Waals surface area contributed by atoms with Crippen molar-refractivity contribution in [2.75, 3.05) is 11.9 Å². The molecule has 0 radical (unpaired) electrons. The molecule has 0 atom stereocenters. The number of aromatic nitrogens is 3. The summed E-state index contributed by atoms with van der Waals surface area (Å²) in [6.07, 6.45) is -4.50. The Morgan fingerprint density at radius 1 is 1.17 bits per heavy atom. The van der Waals surface area contributed by atoms with Gasteiger partial charge >= 0.3 is 12.2 Å². The molecule has 1 aromatic carbocycles. The zero-order valence-corrected chi connectivity index (χ0v) is 12.6. The lowest BCUT2D eigenvalue weighted by Gasteiger charge is -2.10. The summed E-state index contributed by atoms with van der Waals surface area (Å²) >= 11 is 11.0. The summed E-state index contributed by atoms with van der Waals surface area (Å²) in [5, 5.41) is 1.81. The standard InChI is InChI=1S/C12H7Cl2F3N4O2/c13-9-19-10(14)21-11(20-9)23-5-8(22)18-7-3-1-2-6(4-7)12(15,16)17/h1-4H,5H2,(H,18,22). The van der Waals surface area contributed by atoms with Gasteiger partial charge < -0.3 is 10.1 Å². The Morgan fingerprint density at radius 2 is 1.83 bits per heavy atom. The van der Waals surface area contributed by atoms with E-state index in [1.807, 2.05) is 0 Å². The zero-order chi connectivity index (χ0) is 17.0. The normalized spacial score (nSPS) is 11.2. The molecule has 0 saturated heterocycles. The molecule has 0 aliphatic carbocycles. The Kier molecular flexibility index (Phi) is 5.22. The molecule has 0 bridgehead atoms. The quantitative estimate of drug-likeness (QED) is 0.898. The van der Waals surface area contributed by atoms with Gasteiger partial charge in [0.25, 0.3) is 5.91 Å². The van der Waals surface area contributed by atoms with Gasteiger partial charge in [0.2, 0.25) is 10.6 Å². The molecule has 1 N–H and O–H groups in total. The third-order valence-electron chi connectivity index (χ3n) is 2.37. The van der Waals surface area contributed by atoms with Crippen LogP contribution in [0.4, 0.5) is 18.9 Å². The van der Waals surface area contributed by atoms with Gasteiger partial charge in [-0.3, -0.25) is 4.79 Å². The number of amides is 1. The number of halogens is 5. The number of hydrogen-bond acceptors (Lipinski definition) is 5. The number of carbonyl (C=O) groups is 1. The number of alkyl halides is 3. The van der Waals surface area contributed by atoms with E-state index in [0.717, 1.165) is 12.1 Å². The van der Waals surface area contributed by atoms with Crippen LogP contribution in [0.2, 0.25) is 10.6 Å². The molecule has 0 aliphatic heterocycles. The minimum Gasteiger partial charge on any atom is -0.453 e. The van der Waals surface area contributed by atoms with Crippen LogP contribution in [0.3, 0.4) is 0 Å². The first kappa shape index (κ1) is 17.2. The van der Waals surface area contributed by atoms with Crippen molar-refractivity contribution in [1.82, 2.24) is 15.0 Å². The summed E-state index contributed by atoms with van der Waals surface area (Å²) < 4.78 is 42.6. The minimum atomic E-state index is -4.50. The number of anilines is 1. The van der Waals surface area contributed by atoms with Crippen LogP contribution in [0, 0.1) is 0 Å². The van der Waals surface area contributed by atoms with E-state index in [1.165, 1.54) is 12.1 Å². The third kappa shape index (κ3) is 5.22. The third-order valence-corrected chi connectivity index (χ3v) is 2.70. The summed E-state index contributed by atoms with van der Waals surface area (Å²) in [6.45, 7) is -0.549. The fourth-order valence-corrected chi connectivity index (χ4v) is 1.82. The first-order valence-electron chi connectivity index (χ1n) is 5.91. The maximum Gasteiger partial charge on any atom is 0.416 e. The van der Waals surface area contributed by atoms with Gasteiger partial charge in [-0.1, -0.05) is 6.07 Å². The van der Waals surface area contributed by atoms with Crippen molar-refractivity contribution in [3.8, 4) is 6.01 Å². The summed E-state index contributed by atoms with van der Waals surface area (Å²) in [7, 11) is 0. The van der Waals surface area contributed by atoms with E-state index in [2.05, 4.69) is 20.3 Å². The van der Waals surface area contributed by atoms with Crippen molar-refractivity contribution >= 4 is 34.8 Å². The van der Waals surface area contributed by atoms with Gasteiger partial charge in [0.15, 0.2) is 6.61 Å². The Morgan fingerprint density at radius 3 is 2.43 bits per heavy atom. The highest BCUT2D eigenvalue weighted by Crippen LogP contribution is 2.30. The van der Waals surface area contributed by atoms with Crippen molar-refractivity contribution in [2.24, 2.45) is 0 Å². The summed E-state index contributed by atoms with van der Waals surface area (Å²) in [5.41, 5.74) is -0.910. The van der Waals surface area contributed by atoms with E-state index in [-0.39, 0.29) is 22.3 Å². The maximum atomic E-state index is 12.6. The molecule has 0 saturated carbocycles. The van der Waals surface area contributed by atoms with Crippen LogP contribution in [0.1, 0.15) is 5.56 Å². The first-order chi connectivity index (χ1) is 10.7. The van der Waals surface area contributed by atoms with Crippen LogP contribution in [-0.2, 0) is 11.0 Å². The summed E-state index contributed by atoms with van der Waals surface area (Å²) in [4.78, 5) is 22.3. The SMILES string of the molecule is O=C(COc1nc(Cl)nc(Cl)n1)Nc1cccc(C(F)(F)F)c1. The molecule has 0 aliphatic rings. The monoisotopic (exact) mass is 366 g/mol. The average Bonchev–Trinajstić information content (AvgIpc) is 2.43. The number of benzene rings is 1. The second kappa shape index (κ2) is 6.97. The lowest BCUT2D eigenvalue weighted by Crippen LogP contribution is -2.21. The number of hydrogen-bond donors (Lipinski definition) is 1. The molecule has 2 rings (SSSR count). The van der Waals surface area contributed by atoms with Gasteiger partial charge in [0.05, 0.1) is 5.56 Å². The van der Waals surface area contributed by atoms with Gasteiger partial charge in [-0.15, -0.1) is 0 Å².